The predicted molar refractivity (Wildman–Crippen MR) is 119 cm³/mol. The molecule has 6 nitrogen and oxygen atoms in total. The maximum atomic E-state index is 13.5. The van der Waals surface area contributed by atoms with Gasteiger partial charge >= 0.3 is 0 Å². The molecule has 1 aliphatic heterocycles. The van der Waals surface area contributed by atoms with E-state index in [0.29, 0.717) is 32.3 Å². The minimum atomic E-state index is -0.0145. The molecule has 2 heterocycles. The van der Waals surface area contributed by atoms with Crippen LogP contribution in [0.15, 0.2) is 53.3 Å². The van der Waals surface area contributed by atoms with Crippen LogP contribution in [0.1, 0.15) is 27.9 Å². The number of aryl methyl sites for hydroxylation is 2. The molecule has 2 aromatic carbocycles. The number of aromatic nitrogens is 2. The van der Waals surface area contributed by atoms with Crippen molar-refractivity contribution in [1.29, 1.82) is 0 Å². The fourth-order valence-corrected chi connectivity index (χ4v) is 4.03. The largest absolute Gasteiger partial charge is 0.395 e. The highest BCUT2D eigenvalue weighted by molar-refractivity contribution is 5.64. The normalized spacial score (nSPS) is 14.1. The summed E-state index contributed by atoms with van der Waals surface area (Å²) in [6.45, 7) is 7.63. The van der Waals surface area contributed by atoms with Crippen LogP contribution in [-0.2, 0) is 13.1 Å². The van der Waals surface area contributed by atoms with Gasteiger partial charge in [-0.2, -0.15) is 0 Å². The van der Waals surface area contributed by atoms with Crippen LogP contribution in [0.2, 0.25) is 0 Å². The molecule has 0 aliphatic carbocycles. The van der Waals surface area contributed by atoms with Crippen molar-refractivity contribution in [3.63, 3.8) is 0 Å². The standard InChI is InChI=1S/C24H28N4O2/c1-17-8-7-11-22(18(17)2)27-15-26(12-13-29)16-28-23(30)21(19(3)25-24(27)28)14-20-9-5-4-6-10-20/h4-11,29H,12-16H2,1-3H3. The lowest BCUT2D eigenvalue weighted by Crippen LogP contribution is -2.49. The molecule has 0 fully saturated rings. The molecule has 156 valence electrons. The molecule has 0 unspecified atom stereocenters. The highest BCUT2D eigenvalue weighted by Gasteiger charge is 2.28. The highest BCUT2D eigenvalue weighted by Crippen LogP contribution is 2.31. The van der Waals surface area contributed by atoms with E-state index in [1.54, 1.807) is 4.57 Å². The number of aliphatic hydroxyl groups excluding tert-OH is 1. The van der Waals surface area contributed by atoms with Crippen molar-refractivity contribution in [2.24, 2.45) is 0 Å². The summed E-state index contributed by atoms with van der Waals surface area (Å²) in [6, 6.07) is 16.2. The summed E-state index contributed by atoms with van der Waals surface area (Å²) in [7, 11) is 0. The van der Waals surface area contributed by atoms with Gasteiger partial charge < -0.3 is 5.11 Å². The minimum Gasteiger partial charge on any atom is -0.395 e. The van der Waals surface area contributed by atoms with Crippen molar-refractivity contribution in [2.45, 2.75) is 33.9 Å². The van der Waals surface area contributed by atoms with Crippen molar-refractivity contribution in [2.75, 3.05) is 24.7 Å². The monoisotopic (exact) mass is 404 g/mol. The molecule has 1 aliphatic rings. The number of hydrogen-bond acceptors (Lipinski definition) is 5. The molecule has 4 rings (SSSR count). The minimum absolute atomic E-state index is 0.0145. The maximum absolute atomic E-state index is 13.5. The molecule has 0 saturated carbocycles. The Balaban J connectivity index is 1.84. The molecule has 0 atom stereocenters. The fraction of sp³-hybridized carbons (Fsp3) is 0.333. The van der Waals surface area contributed by atoms with E-state index < -0.39 is 0 Å². The van der Waals surface area contributed by atoms with Crippen LogP contribution >= 0.6 is 0 Å². The fourth-order valence-electron chi connectivity index (χ4n) is 4.03. The Hall–Kier alpha value is -2.96. The Morgan fingerprint density at radius 2 is 1.77 bits per heavy atom. The Morgan fingerprint density at radius 3 is 2.50 bits per heavy atom. The molecule has 0 bridgehead atoms. The lowest BCUT2D eigenvalue weighted by Gasteiger charge is -2.39. The Labute approximate surface area is 177 Å². The summed E-state index contributed by atoms with van der Waals surface area (Å²) in [5, 5.41) is 9.52. The first-order chi connectivity index (χ1) is 14.5. The van der Waals surface area contributed by atoms with Gasteiger partial charge in [0.2, 0.25) is 5.95 Å². The number of rotatable bonds is 5. The van der Waals surface area contributed by atoms with Gasteiger partial charge in [-0.05, 0) is 43.5 Å². The first-order valence-electron chi connectivity index (χ1n) is 10.3. The van der Waals surface area contributed by atoms with Crippen molar-refractivity contribution in [3.05, 3.63) is 86.8 Å². The number of anilines is 2. The van der Waals surface area contributed by atoms with Gasteiger partial charge in [0, 0.05) is 24.2 Å². The van der Waals surface area contributed by atoms with E-state index in [1.807, 2.05) is 43.3 Å². The molecule has 30 heavy (non-hydrogen) atoms. The first kappa shape index (κ1) is 20.3. The smallest absolute Gasteiger partial charge is 0.259 e. The average Bonchev–Trinajstić information content (AvgIpc) is 2.74. The zero-order valence-corrected chi connectivity index (χ0v) is 17.8. The summed E-state index contributed by atoms with van der Waals surface area (Å²) < 4.78 is 1.74. The SMILES string of the molecule is Cc1cccc(N2CN(CCO)Cn3c2nc(C)c(Cc2ccccc2)c3=O)c1C. The third kappa shape index (κ3) is 3.76. The van der Waals surface area contributed by atoms with E-state index in [-0.39, 0.29) is 12.2 Å². The van der Waals surface area contributed by atoms with Crippen LogP contribution in [0.5, 0.6) is 0 Å². The van der Waals surface area contributed by atoms with Gasteiger partial charge in [0.05, 0.1) is 25.6 Å². The third-order valence-electron chi connectivity index (χ3n) is 5.88. The Kier molecular flexibility index (Phi) is 5.70. The van der Waals surface area contributed by atoms with Gasteiger partial charge in [0.15, 0.2) is 0 Å². The molecular weight excluding hydrogens is 376 g/mol. The zero-order valence-electron chi connectivity index (χ0n) is 17.8. The van der Waals surface area contributed by atoms with Gasteiger partial charge in [-0.25, -0.2) is 4.98 Å². The second kappa shape index (κ2) is 8.42. The van der Waals surface area contributed by atoms with Crippen molar-refractivity contribution in [1.82, 2.24) is 14.5 Å². The van der Waals surface area contributed by atoms with Crippen molar-refractivity contribution in [3.8, 4) is 0 Å². The summed E-state index contributed by atoms with van der Waals surface area (Å²) in [6.07, 6.45) is 0.558. The van der Waals surface area contributed by atoms with Crippen molar-refractivity contribution < 1.29 is 5.11 Å². The molecule has 6 heteroatoms. The van der Waals surface area contributed by atoms with Crippen LogP contribution < -0.4 is 10.5 Å². The lowest BCUT2D eigenvalue weighted by molar-refractivity contribution is 0.152. The molecule has 1 N–H and O–H groups in total. The molecule has 3 aromatic rings. The Bertz CT molecular complexity index is 1110. The number of hydrogen-bond donors (Lipinski definition) is 1. The van der Waals surface area contributed by atoms with Crippen LogP contribution in [0.4, 0.5) is 11.6 Å². The van der Waals surface area contributed by atoms with Gasteiger partial charge in [-0.15, -0.1) is 0 Å². The van der Waals surface area contributed by atoms with E-state index in [9.17, 15) is 9.90 Å². The van der Waals surface area contributed by atoms with E-state index in [4.69, 9.17) is 4.98 Å². The van der Waals surface area contributed by atoms with E-state index in [2.05, 4.69) is 35.8 Å². The highest BCUT2D eigenvalue weighted by atomic mass is 16.3. The molecule has 0 spiro atoms. The summed E-state index contributed by atoms with van der Waals surface area (Å²) in [5.41, 5.74) is 5.95. The van der Waals surface area contributed by atoms with Crippen molar-refractivity contribution >= 4 is 11.6 Å². The second-order valence-corrected chi connectivity index (χ2v) is 7.92. The Morgan fingerprint density at radius 1 is 1.00 bits per heavy atom. The predicted octanol–water partition coefficient (Wildman–Crippen LogP) is 3.12. The molecule has 1 aromatic heterocycles. The average molecular weight is 405 g/mol. The quantitative estimate of drug-likeness (QED) is 0.708. The second-order valence-electron chi connectivity index (χ2n) is 7.92. The van der Waals surface area contributed by atoms with Crippen LogP contribution in [0.25, 0.3) is 0 Å². The van der Waals surface area contributed by atoms with Crippen LogP contribution in [-0.4, -0.2) is 39.4 Å². The van der Waals surface area contributed by atoms with Crippen LogP contribution in [0, 0.1) is 20.8 Å². The number of nitrogens with zero attached hydrogens (tertiary/aromatic N) is 4. The molecule has 0 saturated heterocycles. The summed E-state index contributed by atoms with van der Waals surface area (Å²) in [5.74, 6) is 0.664. The van der Waals surface area contributed by atoms with Gasteiger partial charge in [0.25, 0.3) is 5.56 Å². The summed E-state index contributed by atoms with van der Waals surface area (Å²) in [4.78, 5) is 22.6. The summed E-state index contributed by atoms with van der Waals surface area (Å²) >= 11 is 0. The number of aliphatic hydroxyl groups is 1. The number of fused-ring (bicyclic) bond motifs is 1. The molecule has 0 radical (unpaired) electrons. The van der Waals surface area contributed by atoms with Gasteiger partial charge in [-0.1, -0.05) is 42.5 Å². The number of benzene rings is 2. The lowest BCUT2D eigenvalue weighted by atomic mass is 10.0. The molecular formula is C24H28N4O2. The first-order valence-corrected chi connectivity index (χ1v) is 10.3. The number of β-amino-alcohol motifs (C(OH)–C–C–N with tert-alkyl or cyclic N) is 1. The maximum Gasteiger partial charge on any atom is 0.259 e. The van der Waals surface area contributed by atoms with Gasteiger partial charge in [-0.3, -0.25) is 19.2 Å². The molecule has 0 amide bonds. The van der Waals surface area contributed by atoms with Gasteiger partial charge in [0.1, 0.15) is 0 Å². The third-order valence-corrected chi connectivity index (χ3v) is 5.88. The van der Waals surface area contributed by atoms with E-state index in [0.717, 1.165) is 28.1 Å². The van der Waals surface area contributed by atoms with E-state index >= 15 is 0 Å². The van der Waals surface area contributed by atoms with E-state index in [1.165, 1.54) is 5.56 Å². The van der Waals surface area contributed by atoms with Crippen LogP contribution in [0.3, 0.4) is 0 Å². The topological polar surface area (TPSA) is 61.6 Å². The zero-order chi connectivity index (χ0) is 21.3.